The Balaban J connectivity index is 1.67. The lowest BCUT2D eigenvalue weighted by molar-refractivity contribution is 0.274. The van der Waals surface area contributed by atoms with Crippen molar-refractivity contribution in [2.45, 2.75) is 36.0 Å². The summed E-state index contributed by atoms with van der Waals surface area (Å²) in [4.78, 5) is 5.54. The van der Waals surface area contributed by atoms with E-state index in [1.807, 2.05) is 24.3 Å². The fourth-order valence-electron chi connectivity index (χ4n) is 2.32. The molecule has 1 aliphatic heterocycles. The minimum absolute atomic E-state index is 0.166. The van der Waals surface area contributed by atoms with Gasteiger partial charge in [0.25, 0.3) is 0 Å². The summed E-state index contributed by atoms with van der Waals surface area (Å²) in [5.41, 5.74) is -0.166. The minimum Gasteiger partial charge on any atom is -0.337 e. The smallest absolute Gasteiger partial charge is 0.246 e. The Bertz CT molecular complexity index is 596. The van der Waals surface area contributed by atoms with Crippen LogP contribution in [0.3, 0.4) is 0 Å². The third kappa shape index (κ3) is 2.85. The van der Waals surface area contributed by atoms with E-state index in [0.29, 0.717) is 17.5 Å². The summed E-state index contributed by atoms with van der Waals surface area (Å²) in [5, 5.41) is 8.24. The highest BCUT2D eigenvalue weighted by Gasteiger charge is 2.35. The average Bonchev–Trinajstić information content (AvgIpc) is 3.08. The van der Waals surface area contributed by atoms with Gasteiger partial charge < -0.3 is 9.84 Å². The molecule has 20 heavy (non-hydrogen) atoms. The van der Waals surface area contributed by atoms with Crippen LogP contribution in [0.2, 0.25) is 5.02 Å². The zero-order chi connectivity index (χ0) is 14.0. The van der Waals surface area contributed by atoms with E-state index in [1.165, 1.54) is 0 Å². The highest BCUT2D eigenvalue weighted by Crippen LogP contribution is 2.31. The number of nitrogens with one attached hydrogen (secondary N) is 1. The van der Waals surface area contributed by atoms with Crippen molar-refractivity contribution < 1.29 is 4.52 Å². The Morgan fingerprint density at radius 2 is 2.30 bits per heavy atom. The van der Waals surface area contributed by atoms with E-state index in [2.05, 4.69) is 22.4 Å². The van der Waals surface area contributed by atoms with Crippen LogP contribution in [-0.4, -0.2) is 16.7 Å². The van der Waals surface area contributed by atoms with Crippen molar-refractivity contribution in [3.05, 3.63) is 41.0 Å². The van der Waals surface area contributed by atoms with Gasteiger partial charge in [-0.15, -0.1) is 11.8 Å². The lowest BCUT2D eigenvalue weighted by atomic mass is 10.0. The van der Waals surface area contributed by atoms with Gasteiger partial charge in [0.2, 0.25) is 5.89 Å². The molecule has 0 aliphatic carbocycles. The molecule has 1 aromatic carbocycles. The van der Waals surface area contributed by atoms with E-state index in [4.69, 9.17) is 16.1 Å². The quantitative estimate of drug-likeness (QED) is 0.874. The van der Waals surface area contributed by atoms with Gasteiger partial charge in [0.05, 0.1) is 16.3 Å². The largest absolute Gasteiger partial charge is 0.337 e. The Hall–Kier alpha value is -1.04. The zero-order valence-corrected chi connectivity index (χ0v) is 12.8. The summed E-state index contributed by atoms with van der Waals surface area (Å²) in [6.45, 7) is 3.11. The van der Waals surface area contributed by atoms with Crippen LogP contribution in [0.5, 0.6) is 0 Å². The number of nitrogens with zero attached hydrogens (tertiary/aromatic N) is 2. The number of thioether (sulfide) groups is 1. The molecule has 1 atom stereocenters. The van der Waals surface area contributed by atoms with E-state index in [1.54, 1.807) is 11.8 Å². The van der Waals surface area contributed by atoms with Gasteiger partial charge in [-0.1, -0.05) is 28.9 Å². The first kappa shape index (κ1) is 13.9. The van der Waals surface area contributed by atoms with Crippen LogP contribution >= 0.6 is 23.4 Å². The maximum Gasteiger partial charge on any atom is 0.246 e. The molecule has 1 aromatic heterocycles. The first-order chi connectivity index (χ1) is 9.67. The van der Waals surface area contributed by atoms with E-state index < -0.39 is 0 Å². The second-order valence-corrected chi connectivity index (χ2v) is 6.52. The first-order valence-corrected chi connectivity index (χ1v) is 7.99. The van der Waals surface area contributed by atoms with Crippen molar-refractivity contribution in [1.29, 1.82) is 0 Å². The summed E-state index contributed by atoms with van der Waals surface area (Å²) in [6.07, 6.45) is 2.18. The van der Waals surface area contributed by atoms with Gasteiger partial charge >= 0.3 is 0 Å². The minimum atomic E-state index is -0.166. The number of rotatable bonds is 4. The number of hydrogen-bond acceptors (Lipinski definition) is 5. The molecule has 0 bridgehead atoms. The SMILES string of the molecule is CC1(c2nc(CSc3ccccc3Cl)no2)CCCN1. The van der Waals surface area contributed by atoms with Crippen LogP contribution in [0.15, 0.2) is 33.7 Å². The normalized spacial score (nSPS) is 22.3. The van der Waals surface area contributed by atoms with Crippen molar-refractivity contribution in [3.63, 3.8) is 0 Å². The Morgan fingerprint density at radius 3 is 3.05 bits per heavy atom. The van der Waals surface area contributed by atoms with Crippen molar-refractivity contribution >= 4 is 23.4 Å². The highest BCUT2D eigenvalue weighted by molar-refractivity contribution is 7.98. The van der Waals surface area contributed by atoms with Gasteiger partial charge in [0.1, 0.15) is 0 Å². The van der Waals surface area contributed by atoms with E-state index in [0.717, 1.165) is 29.3 Å². The van der Waals surface area contributed by atoms with Gasteiger partial charge in [-0.3, -0.25) is 0 Å². The van der Waals surface area contributed by atoms with Crippen molar-refractivity contribution in [2.24, 2.45) is 0 Å². The van der Waals surface area contributed by atoms with Crippen LogP contribution in [0.1, 0.15) is 31.5 Å². The van der Waals surface area contributed by atoms with Gasteiger partial charge in [0.15, 0.2) is 5.82 Å². The molecule has 0 spiro atoms. The van der Waals surface area contributed by atoms with Gasteiger partial charge in [0, 0.05) is 4.90 Å². The molecule has 0 amide bonds. The first-order valence-electron chi connectivity index (χ1n) is 6.63. The van der Waals surface area contributed by atoms with E-state index >= 15 is 0 Å². The second kappa shape index (κ2) is 5.76. The highest BCUT2D eigenvalue weighted by atomic mass is 35.5. The molecule has 4 nitrogen and oxygen atoms in total. The molecule has 0 radical (unpaired) electrons. The molecule has 6 heteroatoms. The number of aromatic nitrogens is 2. The van der Waals surface area contributed by atoms with Crippen LogP contribution < -0.4 is 5.32 Å². The fraction of sp³-hybridized carbons (Fsp3) is 0.429. The zero-order valence-electron chi connectivity index (χ0n) is 11.2. The summed E-state index contributed by atoms with van der Waals surface area (Å²) in [5.74, 6) is 2.05. The van der Waals surface area contributed by atoms with Crippen LogP contribution in [-0.2, 0) is 11.3 Å². The topological polar surface area (TPSA) is 51.0 Å². The Labute approximate surface area is 127 Å². The summed E-state index contributed by atoms with van der Waals surface area (Å²) in [6, 6.07) is 7.77. The van der Waals surface area contributed by atoms with Gasteiger partial charge in [-0.05, 0) is 38.4 Å². The summed E-state index contributed by atoms with van der Waals surface area (Å²) in [7, 11) is 0. The number of benzene rings is 1. The number of hydrogen-bond donors (Lipinski definition) is 1. The molecule has 1 aliphatic rings. The Kier molecular flexibility index (Phi) is 4.01. The third-order valence-corrected chi connectivity index (χ3v) is 5.01. The maximum absolute atomic E-state index is 6.13. The van der Waals surface area contributed by atoms with Crippen LogP contribution in [0, 0.1) is 0 Å². The van der Waals surface area contributed by atoms with Crippen molar-refractivity contribution in [1.82, 2.24) is 15.5 Å². The fourth-order valence-corrected chi connectivity index (χ4v) is 3.40. The summed E-state index contributed by atoms with van der Waals surface area (Å²) >= 11 is 7.74. The standard InChI is InChI=1S/C14H16ClN3OS/c1-14(7-4-8-16-14)13-17-12(18-19-13)9-20-11-6-3-2-5-10(11)15/h2-3,5-6,16H,4,7-9H2,1H3. The second-order valence-electron chi connectivity index (χ2n) is 5.10. The number of halogens is 1. The molecule has 1 saturated heterocycles. The van der Waals surface area contributed by atoms with Crippen LogP contribution in [0.25, 0.3) is 0 Å². The summed E-state index contributed by atoms with van der Waals surface area (Å²) < 4.78 is 5.40. The average molecular weight is 310 g/mol. The predicted octanol–water partition coefficient (Wildman–Crippen LogP) is 3.61. The monoisotopic (exact) mass is 309 g/mol. The Morgan fingerprint density at radius 1 is 1.45 bits per heavy atom. The molecule has 0 saturated carbocycles. The third-order valence-electron chi connectivity index (χ3n) is 3.50. The molecule has 1 N–H and O–H groups in total. The lowest BCUT2D eigenvalue weighted by Gasteiger charge is -2.18. The predicted molar refractivity (Wildman–Crippen MR) is 79.9 cm³/mol. The lowest BCUT2D eigenvalue weighted by Crippen LogP contribution is -2.33. The molecule has 2 heterocycles. The molecule has 3 rings (SSSR count). The van der Waals surface area contributed by atoms with Crippen molar-refractivity contribution in [3.8, 4) is 0 Å². The molecule has 106 valence electrons. The van der Waals surface area contributed by atoms with E-state index in [-0.39, 0.29) is 5.54 Å². The van der Waals surface area contributed by atoms with Gasteiger partial charge in [-0.25, -0.2) is 0 Å². The van der Waals surface area contributed by atoms with Gasteiger partial charge in [-0.2, -0.15) is 4.98 Å². The van der Waals surface area contributed by atoms with Crippen molar-refractivity contribution in [2.75, 3.05) is 6.54 Å². The van der Waals surface area contributed by atoms with E-state index in [9.17, 15) is 0 Å². The molecule has 1 unspecified atom stereocenters. The molecule has 2 aromatic rings. The molecular formula is C14H16ClN3OS. The molecular weight excluding hydrogens is 294 g/mol. The molecule has 1 fully saturated rings. The van der Waals surface area contributed by atoms with Crippen LogP contribution in [0.4, 0.5) is 0 Å². The maximum atomic E-state index is 6.13.